The summed E-state index contributed by atoms with van der Waals surface area (Å²) >= 11 is 9.83. The fraction of sp³-hybridized carbons (Fsp3) is 0.120. The van der Waals surface area contributed by atoms with Gasteiger partial charge in [0.05, 0.1) is 27.5 Å². The Morgan fingerprint density at radius 3 is 2.49 bits per heavy atom. The van der Waals surface area contributed by atoms with Gasteiger partial charge in [-0.25, -0.2) is 0 Å². The van der Waals surface area contributed by atoms with E-state index in [1.165, 1.54) is 60.7 Å². The van der Waals surface area contributed by atoms with Crippen LogP contribution in [0, 0.1) is 10.1 Å². The van der Waals surface area contributed by atoms with Crippen LogP contribution in [0.2, 0.25) is 5.02 Å². The number of nitro groups is 1. The summed E-state index contributed by atoms with van der Waals surface area (Å²) in [6, 6.07) is 14.3. The molecule has 1 saturated heterocycles. The number of para-hydroxylation sites is 1. The second-order valence-corrected chi connectivity index (χ2v) is 11.7. The van der Waals surface area contributed by atoms with Crippen molar-refractivity contribution in [2.45, 2.75) is 18.4 Å². The van der Waals surface area contributed by atoms with Gasteiger partial charge in [0.1, 0.15) is 4.90 Å². The molecule has 4 rings (SSSR count). The van der Waals surface area contributed by atoms with Gasteiger partial charge in [0, 0.05) is 16.7 Å². The Balaban J connectivity index is 1.63. The highest BCUT2D eigenvalue weighted by Gasteiger charge is 2.36. The summed E-state index contributed by atoms with van der Waals surface area (Å²) < 4.78 is 36.8. The van der Waals surface area contributed by atoms with Crippen LogP contribution in [0.25, 0.3) is 6.08 Å². The lowest BCUT2D eigenvalue weighted by atomic mass is 10.1. The number of nitro benzene ring substituents is 1. The van der Waals surface area contributed by atoms with Crippen molar-refractivity contribution in [3.05, 3.63) is 96.3 Å². The smallest absolute Gasteiger partial charge is 0.339 e. The molecular formula is C25H18BrClN2O8S2. The van der Waals surface area contributed by atoms with E-state index in [1.807, 2.05) is 0 Å². The van der Waals surface area contributed by atoms with E-state index in [1.54, 1.807) is 13.0 Å². The van der Waals surface area contributed by atoms with Gasteiger partial charge in [-0.1, -0.05) is 29.8 Å². The molecule has 0 spiro atoms. The number of imide groups is 1. The van der Waals surface area contributed by atoms with E-state index in [-0.39, 0.29) is 50.2 Å². The average molecular weight is 654 g/mol. The van der Waals surface area contributed by atoms with Crippen LogP contribution in [0.5, 0.6) is 11.5 Å². The molecule has 0 N–H and O–H groups in total. The molecule has 0 bridgehead atoms. The number of hydrogen-bond donors (Lipinski definition) is 0. The molecule has 3 aromatic carbocycles. The summed E-state index contributed by atoms with van der Waals surface area (Å²) in [4.78, 5) is 37.3. The van der Waals surface area contributed by atoms with Crippen LogP contribution in [-0.4, -0.2) is 36.0 Å². The van der Waals surface area contributed by atoms with Gasteiger partial charge in [-0.2, -0.15) is 8.42 Å². The number of ether oxygens (including phenoxy) is 1. The lowest BCUT2D eigenvalue weighted by Crippen LogP contribution is -2.27. The van der Waals surface area contributed by atoms with Gasteiger partial charge in [0.25, 0.3) is 16.8 Å². The Morgan fingerprint density at radius 2 is 1.82 bits per heavy atom. The van der Waals surface area contributed by atoms with E-state index in [0.29, 0.717) is 22.3 Å². The SMILES string of the molecule is CCOc1cc(/C=C2\SC(=O)N(Cc3ccccc3[N+](=O)[O-])C2=O)cc(Br)c1OS(=O)(=O)c1ccc(Cl)cc1. The van der Waals surface area contributed by atoms with Crippen LogP contribution in [0.15, 0.2) is 74.9 Å². The third-order valence-electron chi connectivity index (χ3n) is 5.32. The van der Waals surface area contributed by atoms with E-state index < -0.39 is 26.2 Å². The number of halogens is 2. The van der Waals surface area contributed by atoms with Crippen LogP contribution in [0.3, 0.4) is 0 Å². The summed E-state index contributed by atoms with van der Waals surface area (Å²) in [6.45, 7) is 1.62. The summed E-state index contributed by atoms with van der Waals surface area (Å²) in [6.07, 6.45) is 1.44. The summed E-state index contributed by atoms with van der Waals surface area (Å²) in [5.41, 5.74) is 0.434. The Bertz CT molecular complexity index is 1610. The van der Waals surface area contributed by atoms with Crippen molar-refractivity contribution in [2.24, 2.45) is 0 Å². The minimum absolute atomic E-state index is 0.0785. The average Bonchev–Trinajstić information content (AvgIpc) is 3.14. The molecule has 3 aromatic rings. The predicted octanol–water partition coefficient (Wildman–Crippen LogP) is 6.41. The zero-order valence-electron chi connectivity index (χ0n) is 20.0. The molecule has 39 heavy (non-hydrogen) atoms. The number of nitrogens with zero attached hydrogens (tertiary/aromatic N) is 2. The fourth-order valence-electron chi connectivity index (χ4n) is 3.55. The highest BCUT2D eigenvalue weighted by molar-refractivity contribution is 9.10. The van der Waals surface area contributed by atoms with Crippen LogP contribution in [0.1, 0.15) is 18.1 Å². The third-order valence-corrected chi connectivity index (χ3v) is 8.30. The number of carbonyl (C=O) groups is 2. The molecule has 0 aliphatic carbocycles. The summed E-state index contributed by atoms with van der Waals surface area (Å²) in [5, 5.41) is 11.1. The van der Waals surface area contributed by atoms with E-state index >= 15 is 0 Å². The second kappa shape index (κ2) is 11.8. The van der Waals surface area contributed by atoms with Crippen LogP contribution < -0.4 is 8.92 Å². The zero-order chi connectivity index (χ0) is 28.3. The minimum Gasteiger partial charge on any atom is -0.490 e. The first-order valence-corrected chi connectivity index (χ1v) is 14.5. The second-order valence-electron chi connectivity index (χ2n) is 7.91. The van der Waals surface area contributed by atoms with E-state index in [9.17, 15) is 28.1 Å². The number of amides is 2. The fourth-order valence-corrected chi connectivity index (χ4v) is 6.12. The van der Waals surface area contributed by atoms with Gasteiger partial charge in [-0.3, -0.25) is 24.6 Å². The first-order chi connectivity index (χ1) is 18.5. The molecule has 0 unspecified atom stereocenters. The van der Waals surface area contributed by atoms with Gasteiger partial charge in [-0.05, 0) is 82.7 Å². The van der Waals surface area contributed by atoms with Crippen molar-refractivity contribution in [1.29, 1.82) is 0 Å². The Hall–Kier alpha value is -3.39. The molecule has 1 heterocycles. The van der Waals surface area contributed by atoms with Crippen molar-refractivity contribution in [3.63, 3.8) is 0 Å². The standard InChI is InChI=1S/C25H18BrClN2O8S2/c1-2-36-21-12-15(11-19(26)23(21)37-39(34,35)18-9-7-17(27)8-10-18)13-22-24(30)28(25(31)38-22)14-16-5-3-4-6-20(16)29(32)33/h3-13H,2,14H2,1H3/b22-13-. The van der Waals surface area contributed by atoms with Crippen molar-refractivity contribution >= 4 is 72.3 Å². The van der Waals surface area contributed by atoms with E-state index in [4.69, 9.17) is 20.5 Å². The van der Waals surface area contributed by atoms with Gasteiger partial charge in [0.2, 0.25) is 0 Å². The quantitative estimate of drug-likeness (QED) is 0.111. The normalized spacial score (nSPS) is 14.6. The maximum atomic E-state index is 13.0. The molecule has 14 heteroatoms. The Morgan fingerprint density at radius 1 is 1.13 bits per heavy atom. The monoisotopic (exact) mass is 652 g/mol. The maximum absolute atomic E-state index is 13.0. The molecule has 0 atom stereocenters. The minimum atomic E-state index is -4.23. The summed E-state index contributed by atoms with van der Waals surface area (Å²) in [5.74, 6) is -0.647. The molecule has 2 amide bonds. The number of hydrogen-bond acceptors (Lipinski definition) is 9. The molecule has 1 aliphatic rings. The van der Waals surface area contributed by atoms with Gasteiger partial charge in [-0.15, -0.1) is 0 Å². The van der Waals surface area contributed by atoms with E-state index in [0.717, 1.165) is 4.90 Å². The number of carbonyl (C=O) groups excluding carboxylic acids is 2. The van der Waals surface area contributed by atoms with Crippen molar-refractivity contribution in [2.75, 3.05) is 6.61 Å². The first-order valence-electron chi connectivity index (χ1n) is 11.1. The molecule has 0 aromatic heterocycles. The lowest BCUT2D eigenvalue weighted by molar-refractivity contribution is -0.385. The van der Waals surface area contributed by atoms with Crippen LogP contribution in [-0.2, 0) is 21.5 Å². The summed E-state index contributed by atoms with van der Waals surface area (Å²) in [7, 11) is -4.23. The van der Waals surface area contributed by atoms with Crippen LogP contribution in [0.4, 0.5) is 10.5 Å². The lowest BCUT2D eigenvalue weighted by Gasteiger charge is -2.15. The first kappa shape index (κ1) is 28.6. The van der Waals surface area contributed by atoms with Crippen molar-refractivity contribution < 1.29 is 31.9 Å². The largest absolute Gasteiger partial charge is 0.490 e. The zero-order valence-corrected chi connectivity index (χ0v) is 24.0. The molecule has 1 aliphatic heterocycles. The van der Waals surface area contributed by atoms with Gasteiger partial charge < -0.3 is 8.92 Å². The highest BCUT2D eigenvalue weighted by atomic mass is 79.9. The van der Waals surface area contributed by atoms with Gasteiger partial charge in [0.15, 0.2) is 11.5 Å². The molecular weight excluding hydrogens is 636 g/mol. The number of thioether (sulfide) groups is 1. The van der Waals surface area contributed by atoms with Gasteiger partial charge >= 0.3 is 10.1 Å². The molecule has 202 valence electrons. The van der Waals surface area contributed by atoms with Crippen molar-refractivity contribution in [3.8, 4) is 11.5 Å². The topological polar surface area (TPSA) is 133 Å². The molecule has 10 nitrogen and oxygen atoms in total. The third kappa shape index (κ3) is 6.44. The molecule has 0 radical (unpaired) electrons. The Kier molecular flexibility index (Phi) is 8.64. The number of benzene rings is 3. The molecule has 1 fully saturated rings. The van der Waals surface area contributed by atoms with E-state index in [2.05, 4.69) is 15.9 Å². The maximum Gasteiger partial charge on any atom is 0.339 e. The van der Waals surface area contributed by atoms with Crippen LogP contribution >= 0.6 is 39.3 Å². The highest BCUT2D eigenvalue weighted by Crippen LogP contribution is 2.41. The Labute approximate surface area is 240 Å². The predicted molar refractivity (Wildman–Crippen MR) is 149 cm³/mol. The molecule has 0 saturated carbocycles. The van der Waals surface area contributed by atoms with Crippen molar-refractivity contribution in [1.82, 2.24) is 4.90 Å². The number of rotatable bonds is 9.